The lowest BCUT2D eigenvalue weighted by atomic mass is 10.1. The number of aryl methyl sites for hydroxylation is 2. The van der Waals surface area contributed by atoms with Crippen LogP contribution in [0.2, 0.25) is 0 Å². The van der Waals surface area contributed by atoms with Crippen LogP contribution in [0.4, 0.5) is 0 Å². The van der Waals surface area contributed by atoms with Gasteiger partial charge in [0.1, 0.15) is 11.6 Å². The number of hydrogen-bond donors (Lipinski definition) is 2. The number of rotatable bonds is 6. The average Bonchev–Trinajstić information content (AvgIpc) is 3.03. The molecule has 148 valence electrons. The summed E-state index contributed by atoms with van der Waals surface area (Å²) in [4.78, 5) is 8.81. The van der Waals surface area contributed by atoms with Crippen molar-refractivity contribution in [1.82, 2.24) is 25.4 Å². The lowest BCUT2D eigenvalue weighted by Crippen LogP contribution is -2.42. The van der Waals surface area contributed by atoms with Gasteiger partial charge in [-0.25, -0.2) is 9.67 Å². The molecule has 2 N–H and O–H groups in total. The van der Waals surface area contributed by atoms with Crippen LogP contribution in [0.3, 0.4) is 0 Å². The van der Waals surface area contributed by atoms with Crippen molar-refractivity contribution in [3.05, 3.63) is 47.5 Å². The predicted octanol–water partition coefficient (Wildman–Crippen LogP) is 2.15. The lowest BCUT2D eigenvalue weighted by molar-refractivity contribution is 0.398. The molecule has 2 heterocycles. The first-order valence-corrected chi connectivity index (χ1v) is 10.4. The molecule has 0 saturated heterocycles. The monoisotopic (exact) mass is 502 g/mol. The van der Waals surface area contributed by atoms with E-state index in [1.165, 1.54) is 0 Å². The summed E-state index contributed by atoms with van der Waals surface area (Å²) in [6.45, 7) is 3.44. The topological polar surface area (TPSA) is 84.2 Å². The number of nitrogens with zero attached hydrogens (tertiary/aromatic N) is 4. The highest BCUT2D eigenvalue weighted by Crippen LogP contribution is 2.22. The van der Waals surface area contributed by atoms with Crippen LogP contribution in [0.25, 0.3) is 0 Å². The number of benzene rings is 1. The second-order valence-corrected chi connectivity index (χ2v) is 7.93. The summed E-state index contributed by atoms with van der Waals surface area (Å²) in [7, 11) is 0.844. The van der Waals surface area contributed by atoms with Gasteiger partial charge in [-0.2, -0.15) is 5.10 Å². The second kappa shape index (κ2) is 10.7. The number of guanidine groups is 1. The third-order valence-electron chi connectivity index (χ3n) is 4.31. The highest BCUT2D eigenvalue weighted by Gasteiger charge is 2.24. The molecule has 0 radical (unpaired) electrons. The SMILES string of the molecule is CN=C(NCCS(=O)Cc1ccccc1)NC1CCCn2nc(C)nc21.I. The summed E-state index contributed by atoms with van der Waals surface area (Å²) in [6, 6.07) is 10.0. The lowest BCUT2D eigenvalue weighted by Gasteiger charge is -2.24. The van der Waals surface area contributed by atoms with Gasteiger partial charge >= 0.3 is 0 Å². The number of fused-ring (bicyclic) bond motifs is 1. The Balaban J connectivity index is 0.00000261. The van der Waals surface area contributed by atoms with E-state index in [4.69, 9.17) is 0 Å². The quantitative estimate of drug-likeness (QED) is 0.360. The number of aliphatic imine (C=N–C) groups is 1. The molecule has 7 nitrogen and oxygen atoms in total. The molecule has 1 aliphatic rings. The minimum absolute atomic E-state index is 0. The Morgan fingerprint density at radius 1 is 1.37 bits per heavy atom. The predicted molar refractivity (Wildman–Crippen MR) is 120 cm³/mol. The van der Waals surface area contributed by atoms with Crippen LogP contribution in [0.15, 0.2) is 35.3 Å². The molecule has 3 rings (SSSR count). The number of hydrogen-bond acceptors (Lipinski definition) is 4. The minimum Gasteiger partial charge on any atom is -0.355 e. The van der Waals surface area contributed by atoms with E-state index in [0.717, 1.165) is 36.6 Å². The third-order valence-corrected chi connectivity index (χ3v) is 5.62. The van der Waals surface area contributed by atoms with Crippen LogP contribution in [-0.4, -0.2) is 44.3 Å². The molecule has 0 aliphatic carbocycles. The van der Waals surface area contributed by atoms with Gasteiger partial charge in [0.25, 0.3) is 0 Å². The molecule has 1 aliphatic heterocycles. The second-order valence-electron chi connectivity index (χ2n) is 6.35. The molecule has 1 aromatic carbocycles. The normalized spacial score (nSPS) is 17.6. The zero-order chi connectivity index (χ0) is 18.4. The highest BCUT2D eigenvalue weighted by atomic mass is 127. The Morgan fingerprint density at radius 2 is 2.15 bits per heavy atom. The first-order valence-electron chi connectivity index (χ1n) is 8.93. The van der Waals surface area contributed by atoms with E-state index in [1.807, 2.05) is 41.9 Å². The van der Waals surface area contributed by atoms with Crippen LogP contribution >= 0.6 is 24.0 Å². The molecule has 0 spiro atoms. The molecular weight excluding hydrogens is 475 g/mol. The summed E-state index contributed by atoms with van der Waals surface area (Å²) < 4.78 is 14.2. The fourth-order valence-electron chi connectivity index (χ4n) is 3.08. The molecule has 9 heteroatoms. The van der Waals surface area contributed by atoms with E-state index in [2.05, 4.69) is 25.7 Å². The summed E-state index contributed by atoms with van der Waals surface area (Å²) in [5.74, 6) is 3.63. The van der Waals surface area contributed by atoms with Gasteiger partial charge in [0, 0.05) is 42.4 Å². The Morgan fingerprint density at radius 3 is 2.89 bits per heavy atom. The van der Waals surface area contributed by atoms with E-state index in [-0.39, 0.29) is 30.0 Å². The third kappa shape index (κ3) is 6.27. The molecule has 0 amide bonds. The number of halogens is 1. The van der Waals surface area contributed by atoms with Gasteiger partial charge in [-0.15, -0.1) is 24.0 Å². The van der Waals surface area contributed by atoms with E-state index in [1.54, 1.807) is 7.05 Å². The van der Waals surface area contributed by atoms with Crippen LogP contribution in [0.1, 0.15) is 36.1 Å². The van der Waals surface area contributed by atoms with Gasteiger partial charge in [-0.05, 0) is 25.3 Å². The van der Waals surface area contributed by atoms with E-state index in [0.29, 0.717) is 24.0 Å². The zero-order valence-corrected chi connectivity index (χ0v) is 18.9. The Kier molecular flexibility index (Phi) is 8.68. The van der Waals surface area contributed by atoms with E-state index in [9.17, 15) is 4.21 Å². The molecule has 0 fully saturated rings. The van der Waals surface area contributed by atoms with Crippen molar-refractivity contribution in [2.75, 3.05) is 19.3 Å². The minimum atomic E-state index is -0.901. The van der Waals surface area contributed by atoms with Crippen molar-refractivity contribution in [3.8, 4) is 0 Å². The number of nitrogens with one attached hydrogen (secondary N) is 2. The Bertz CT molecular complexity index is 779. The summed E-state index contributed by atoms with van der Waals surface area (Å²) in [5, 5.41) is 11.1. The first-order chi connectivity index (χ1) is 12.7. The largest absolute Gasteiger partial charge is 0.355 e. The van der Waals surface area contributed by atoms with Gasteiger partial charge in [0.15, 0.2) is 5.96 Å². The number of aromatic nitrogens is 3. The zero-order valence-electron chi connectivity index (χ0n) is 15.7. The summed E-state index contributed by atoms with van der Waals surface area (Å²) in [6.07, 6.45) is 2.06. The van der Waals surface area contributed by atoms with Crippen molar-refractivity contribution in [2.24, 2.45) is 4.99 Å². The van der Waals surface area contributed by atoms with Crippen LogP contribution in [0, 0.1) is 6.92 Å². The Hall–Kier alpha value is -1.49. The molecule has 2 aromatic rings. The van der Waals surface area contributed by atoms with E-state index < -0.39 is 10.8 Å². The van der Waals surface area contributed by atoms with Crippen LogP contribution < -0.4 is 10.6 Å². The fraction of sp³-hybridized carbons (Fsp3) is 0.500. The summed E-state index contributed by atoms with van der Waals surface area (Å²) in [5.41, 5.74) is 1.10. The highest BCUT2D eigenvalue weighted by molar-refractivity contribution is 14.0. The van der Waals surface area contributed by atoms with Gasteiger partial charge in [0.2, 0.25) is 0 Å². The van der Waals surface area contributed by atoms with Gasteiger partial charge in [-0.1, -0.05) is 30.3 Å². The Labute approximate surface area is 179 Å². The van der Waals surface area contributed by atoms with E-state index >= 15 is 0 Å². The molecule has 27 heavy (non-hydrogen) atoms. The first kappa shape index (κ1) is 21.8. The van der Waals surface area contributed by atoms with Crippen molar-refractivity contribution in [3.63, 3.8) is 0 Å². The maximum absolute atomic E-state index is 12.2. The van der Waals surface area contributed by atoms with Crippen LogP contribution in [0.5, 0.6) is 0 Å². The average molecular weight is 502 g/mol. The molecule has 0 bridgehead atoms. The van der Waals surface area contributed by atoms with Gasteiger partial charge < -0.3 is 10.6 Å². The van der Waals surface area contributed by atoms with Crippen LogP contribution in [-0.2, 0) is 23.1 Å². The molecule has 1 aromatic heterocycles. The van der Waals surface area contributed by atoms with Crippen molar-refractivity contribution in [1.29, 1.82) is 0 Å². The van der Waals surface area contributed by atoms with Crippen molar-refractivity contribution < 1.29 is 4.21 Å². The van der Waals surface area contributed by atoms with Gasteiger partial charge in [-0.3, -0.25) is 9.20 Å². The maximum atomic E-state index is 12.2. The smallest absolute Gasteiger partial charge is 0.191 e. The van der Waals surface area contributed by atoms with Crippen molar-refractivity contribution in [2.45, 2.75) is 38.1 Å². The molecule has 0 saturated carbocycles. The molecule has 2 unspecified atom stereocenters. The standard InChI is InChI=1S/C18H26N6OS.HI/c1-14-21-17-16(9-6-11-24(17)23-14)22-18(19-2)20-10-12-26(25)13-15-7-4-3-5-8-15;/h3-5,7-8,16H,6,9-13H2,1-2H3,(H2,19,20,22);1H. The van der Waals surface area contributed by atoms with Gasteiger partial charge in [0.05, 0.1) is 6.04 Å². The molecule has 2 atom stereocenters. The maximum Gasteiger partial charge on any atom is 0.191 e. The van der Waals surface area contributed by atoms with Crippen molar-refractivity contribution >= 4 is 40.7 Å². The fourth-order valence-corrected chi connectivity index (χ4v) is 4.12. The summed E-state index contributed by atoms with van der Waals surface area (Å²) >= 11 is 0. The molecular formula is C18H27IN6OS.